The summed E-state index contributed by atoms with van der Waals surface area (Å²) in [5.74, 6) is -3.55. The van der Waals surface area contributed by atoms with Crippen molar-refractivity contribution < 1.29 is 28.2 Å². The average Bonchev–Trinajstić information content (AvgIpc) is 2.41. The zero-order valence-electron chi connectivity index (χ0n) is 8.81. The van der Waals surface area contributed by atoms with Crippen molar-refractivity contribution in [2.24, 2.45) is 16.6 Å². The maximum absolute atomic E-state index is 12.6. The maximum atomic E-state index is 12.6. The Kier molecular flexibility index (Phi) is 3.97. The molecule has 1 aliphatic heterocycles. The number of alkyl halides is 3. The topological polar surface area (TPSA) is 95.9 Å². The van der Waals surface area contributed by atoms with E-state index in [2.05, 4.69) is 4.99 Å². The molecule has 1 heterocycles. The van der Waals surface area contributed by atoms with Crippen molar-refractivity contribution in [3.8, 4) is 0 Å². The van der Waals surface area contributed by atoms with Crippen LogP contribution in [0.2, 0.25) is 0 Å². The third-order valence-corrected chi connectivity index (χ3v) is 2.64. The van der Waals surface area contributed by atoms with Crippen molar-refractivity contribution in [3.63, 3.8) is 0 Å². The molecule has 0 amide bonds. The first-order valence-corrected chi connectivity index (χ1v) is 5.03. The number of carboxylic acids is 1. The molecule has 4 N–H and O–H groups in total. The second-order valence-electron chi connectivity index (χ2n) is 3.92. The summed E-state index contributed by atoms with van der Waals surface area (Å²) >= 11 is 0. The first-order chi connectivity index (χ1) is 7.73. The highest BCUT2D eigenvalue weighted by Crippen LogP contribution is 2.38. The fraction of sp³-hybridized carbons (Fsp3) is 0.778. The van der Waals surface area contributed by atoms with E-state index in [0.717, 1.165) is 0 Å². The largest absolute Gasteiger partial charge is 0.481 e. The minimum Gasteiger partial charge on any atom is -0.481 e. The summed E-state index contributed by atoms with van der Waals surface area (Å²) in [6.45, 7) is 0. The summed E-state index contributed by atoms with van der Waals surface area (Å²) in [7, 11) is 0. The van der Waals surface area contributed by atoms with Crippen LogP contribution >= 0.6 is 0 Å². The number of aliphatic hydroxyl groups excluding tert-OH is 1. The fourth-order valence-electron chi connectivity index (χ4n) is 1.85. The molecule has 0 spiro atoms. The summed E-state index contributed by atoms with van der Waals surface area (Å²) in [6, 6.07) is -1.19. The SMILES string of the molecule is NC1=NC(CCCC(=O)O)C(C(F)(F)F)C1O. The van der Waals surface area contributed by atoms with Crippen LogP contribution in [0.4, 0.5) is 13.2 Å². The van der Waals surface area contributed by atoms with Crippen LogP contribution in [-0.2, 0) is 4.79 Å². The van der Waals surface area contributed by atoms with E-state index >= 15 is 0 Å². The van der Waals surface area contributed by atoms with Gasteiger partial charge in [-0.25, -0.2) is 0 Å². The molecule has 3 unspecified atom stereocenters. The first-order valence-electron chi connectivity index (χ1n) is 5.03. The second kappa shape index (κ2) is 4.91. The number of carbonyl (C=O) groups is 1. The third-order valence-electron chi connectivity index (χ3n) is 2.64. The van der Waals surface area contributed by atoms with Crippen molar-refractivity contribution in [2.75, 3.05) is 0 Å². The lowest BCUT2D eigenvalue weighted by molar-refractivity contribution is -0.193. The van der Waals surface area contributed by atoms with Gasteiger partial charge in [0.15, 0.2) is 0 Å². The summed E-state index contributed by atoms with van der Waals surface area (Å²) in [6.07, 6.45) is -6.65. The normalized spacial score (nSPS) is 29.2. The van der Waals surface area contributed by atoms with Crippen LogP contribution in [0, 0.1) is 5.92 Å². The molecule has 0 aromatic rings. The van der Waals surface area contributed by atoms with Gasteiger partial charge >= 0.3 is 12.1 Å². The number of hydrogen-bond donors (Lipinski definition) is 3. The van der Waals surface area contributed by atoms with E-state index in [9.17, 15) is 23.1 Å². The zero-order valence-corrected chi connectivity index (χ0v) is 8.81. The van der Waals surface area contributed by atoms with Gasteiger partial charge in [0.2, 0.25) is 0 Å². The molecule has 8 heteroatoms. The molecule has 98 valence electrons. The minimum atomic E-state index is -4.60. The summed E-state index contributed by atoms with van der Waals surface area (Å²) in [4.78, 5) is 13.8. The highest BCUT2D eigenvalue weighted by molar-refractivity contribution is 5.87. The Morgan fingerprint density at radius 2 is 2.06 bits per heavy atom. The van der Waals surface area contributed by atoms with Gasteiger partial charge in [-0.1, -0.05) is 0 Å². The summed E-state index contributed by atoms with van der Waals surface area (Å²) in [5, 5.41) is 17.7. The average molecular weight is 254 g/mol. The lowest BCUT2D eigenvalue weighted by Gasteiger charge is -2.23. The number of aliphatic carboxylic acids is 1. The van der Waals surface area contributed by atoms with E-state index in [-0.39, 0.29) is 19.3 Å². The van der Waals surface area contributed by atoms with E-state index in [1.54, 1.807) is 0 Å². The number of nitrogens with two attached hydrogens (primary N) is 1. The number of rotatable bonds is 4. The van der Waals surface area contributed by atoms with E-state index in [1.165, 1.54) is 0 Å². The summed E-state index contributed by atoms with van der Waals surface area (Å²) in [5.41, 5.74) is 5.17. The molecule has 1 rings (SSSR count). The minimum absolute atomic E-state index is 0.0613. The Bertz CT molecular complexity index is 330. The number of halogens is 3. The number of nitrogens with zero attached hydrogens (tertiary/aromatic N) is 1. The highest BCUT2D eigenvalue weighted by atomic mass is 19.4. The number of aliphatic imine (C=N–C) groups is 1. The molecular formula is C9H13F3N2O3. The van der Waals surface area contributed by atoms with Crippen LogP contribution in [0.1, 0.15) is 19.3 Å². The van der Waals surface area contributed by atoms with Gasteiger partial charge < -0.3 is 15.9 Å². The number of amidine groups is 1. The zero-order chi connectivity index (χ0) is 13.2. The Hall–Kier alpha value is -1.31. The molecule has 0 saturated heterocycles. The Morgan fingerprint density at radius 1 is 1.47 bits per heavy atom. The molecule has 3 atom stereocenters. The molecular weight excluding hydrogens is 241 g/mol. The predicted molar refractivity (Wildman–Crippen MR) is 52.4 cm³/mol. The van der Waals surface area contributed by atoms with Crippen molar-refractivity contribution in [2.45, 2.75) is 37.6 Å². The van der Waals surface area contributed by atoms with Gasteiger partial charge in [0.25, 0.3) is 0 Å². The molecule has 0 aromatic carbocycles. The maximum Gasteiger partial charge on any atom is 0.396 e. The molecule has 0 aliphatic carbocycles. The lowest BCUT2D eigenvalue weighted by atomic mass is 9.92. The van der Waals surface area contributed by atoms with Crippen molar-refractivity contribution in [1.29, 1.82) is 0 Å². The highest BCUT2D eigenvalue weighted by Gasteiger charge is 2.53. The van der Waals surface area contributed by atoms with Crippen LogP contribution in [0.15, 0.2) is 4.99 Å². The first kappa shape index (κ1) is 13.8. The molecule has 0 saturated carbocycles. The van der Waals surface area contributed by atoms with Crippen LogP contribution in [0.3, 0.4) is 0 Å². The number of carboxylic acid groups (broad SMARTS) is 1. The van der Waals surface area contributed by atoms with Gasteiger partial charge in [0.05, 0.1) is 6.04 Å². The molecule has 0 fully saturated rings. The standard InChI is InChI=1S/C9H13F3N2O3/c10-9(11,12)6-4(2-1-3-5(15)16)14-8(13)7(6)17/h4,6-7,17H,1-3H2,(H2,13,14)(H,15,16). The predicted octanol–water partition coefficient (Wildman–Crippen LogP) is 0.520. The van der Waals surface area contributed by atoms with Crippen LogP contribution in [0.25, 0.3) is 0 Å². The van der Waals surface area contributed by atoms with E-state index in [0.29, 0.717) is 0 Å². The van der Waals surface area contributed by atoms with Crippen molar-refractivity contribution >= 4 is 11.8 Å². The smallest absolute Gasteiger partial charge is 0.396 e. The molecule has 17 heavy (non-hydrogen) atoms. The van der Waals surface area contributed by atoms with Gasteiger partial charge in [-0.3, -0.25) is 9.79 Å². The van der Waals surface area contributed by atoms with Crippen LogP contribution in [-0.4, -0.2) is 40.3 Å². The molecule has 0 radical (unpaired) electrons. The van der Waals surface area contributed by atoms with Crippen molar-refractivity contribution in [1.82, 2.24) is 0 Å². The molecule has 1 aliphatic rings. The van der Waals surface area contributed by atoms with Gasteiger partial charge in [-0.15, -0.1) is 0 Å². The number of aliphatic hydroxyl groups is 1. The third kappa shape index (κ3) is 3.32. The van der Waals surface area contributed by atoms with Gasteiger partial charge in [0.1, 0.15) is 17.9 Å². The fourth-order valence-corrected chi connectivity index (χ4v) is 1.85. The quantitative estimate of drug-likeness (QED) is 0.681. The van der Waals surface area contributed by atoms with E-state index in [1.807, 2.05) is 0 Å². The summed E-state index contributed by atoms with van der Waals surface area (Å²) < 4.78 is 37.8. The molecule has 5 nitrogen and oxygen atoms in total. The van der Waals surface area contributed by atoms with Crippen molar-refractivity contribution in [3.05, 3.63) is 0 Å². The molecule has 0 bridgehead atoms. The Balaban J connectivity index is 2.65. The van der Waals surface area contributed by atoms with Gasteiger partial charge in [-0.05, 0) is 12.8 Å². The second-order valence-corrected chi connectivity index (χ2v) is 3.92. The van der Waals surface area contributed by atoms with Gasteiger partial charge in [-0.2, -0.15) is 13.2 Å². The molecule has 0 aromatic heterocycles. The Labute approximate surface area is 95.1 Å². The number of hydrogen-bond acceptors (Lipinski definition) is 4. The Morgan fingerprint density at radius 3 is 2.53 bits per heavy atom. The van der Waals surface area contributed by atoms with E-state index in [4.69, 9.17) is 10.8 Å². The lowest BCUT2D eigenvalue weighted by Crippen LogP contribution is -2.41. The monoisotopic (exact) mass is 254 g/mol. The van der Waals surface area contributed by atoms with Crippen LogP contribution in [0.5, 0.6) is 0 Å². The van der Waals surface area contributed by atoms with Crippen LogP contribution < -0.4 is 5.73 Å². The van der Waals surface area contributed by atoms with Gasteiger partial charge in [0, 0.05) is 6.42 Å². The van der Waals surface area contributed by atoms with E-state index < -0.39 is 36.0 Å².